The van der Waals surface area contributed by atoms with Gasteiger partial charge in [0.1, 0.15) is 11.3 Å². The number of rotatable bonds is 7. The van der Waals surface area contributed by atoms with Crippen molar-refractivity contribution in [2.75, 3.05) is 7.11 Å². The van der Waals surface area contributed by atoms with Gasteiger partial charge in [0.05, 0.1) is 33.2 Å². The van der Waals surface area contributed by atoms with Crippen molar-refractivity contribution >= 4 is 63.3 Å². The van der Waals surface area contributed by atoms with Crippen LogP contribution in [0.1, 0.15) is 54.2 Å². The van der Waals surface area contributed by atoms with Gasteiger partial charge >= 0.3 is 5.97 Å². The Morgan fingerprint density at radius 2 is 1.82 bits per heavy atom. The van der Waals surface area contributed by atoms with Crippen LogP contribution in [-0.4, -0.2) is 40.3 Å². The molecule has 3 aromatic heterocycles. The summed E-state index contributed by atoms with van der Waals surface area (Å²) in [6.45, 7) is 3.47. The number of amides is 1. The predicted molar refractivity (Wildman–Crippen MR) is 151 cm³/mol. The first-order valence-corrected chi connectivity index (χ1v) is 14.7. The molecule has 1 saturated heterocycles. The maximum absolute atomic E-state index is 14.4. The molecule has 5 rings (SSSR count). The van der Waals surface area contributed by atoms with E-state index in [1.807, 2.05) is 18.4 Å². The minimum Gasteiger partial charge on any atom is -0.497 e. The molecular formula is C28H24ClNO5S3. The summed E-state index contributed by atoms with van der Waals surface area (Å²) in [5.74, 6) is -3.09. The fraction of sp³-hybridized carbons (Fsp3) is 0.250. The smallest absolute Gasteiger partial charge is 0.330 e. The zero-order valence-electron chi connectivity index (χ0n) is 20.7. The SMILES string of the molecule is COc1cccc(C2C(C(=O)c3ccc(Cl)s3)C(c3sccc3C)N(C(=O)c3cccs3)C2(C)C(=O)O)c1. The number of carboxylic acids is 1. The van der Waals surface area contributed by atoms with Crippen LogP contribution in [0.2, 0.25) is 4.34 Å². The van der Waals surface area contributed by atoms with Crippen molar-refractivity contribution in [1.29, 1.82) is 0 Å². The van der Waals surface area contributed by atoms with E-state index in [1.54, 1.807) is 60.8 Å². The largest absolute Gasteiger partial charge is 0.497 e. The summed E-state index contributed by atoms with van der Waals surface area (Å²) in [5.41, 5.74) is -0.253. The highest BCUT2D eigenvalue weighted by atomic mass is 35.5. The number of hydrogen-bond acceptors (Lipinski definition) is 7. The van der Waals surface area contributed by atoms with Gasteiger partial charge < -0.3 is 14.7 Å². The minimum atomic E-state index is -1.75. The number of aliphatic carboxylic acids is 1. The summed E-state index contributed by atoms with van der Waals surface area (Å²) in [7, 11) is 1.53. The van der Waals surface area contributed by atoms with Crippen molar-refractivity contribution in [3.63, 3.8) is 0 Å². The maximum atomic E-state index is 14.4. The molecule has 0 aliphatic carbocycles. The van der Waals surface area contributed by atoms with E-state index in [-0.39, 0.29) is 5.78 Å². The minimum absolute atomic E-state index is 0.249. The monoisotopic (exact) mass is 585 g/mol. The number of carbonyl (C=O) groups is 3. The Bertz CT molecular complexity index is 1510. The van der Waals surface area contributed by atoms with Crippen molar-refractivity contribution < 1.29 is 24.2 Å². The highest BCUT2D eigenvalue weighted by molar-refractivity contribution is 7.18. The number of benzene rings is 1. The molecule has 1 fully saturated rings. The molecule has 4 aromatic rings. The second-order valence-corrected chi connectivity index (χ2v) is 12.9. The number of ether oxygens (including phenoxy) is 1. The number of Topliss-reactive ketones (excluding diaryl/α,β-unsaturated/α-hetero) is 1. The molecule has 38 heavy (non-hydrogen) atoms. The highest BCUT2D eigenvalue weighted by Gasteiger charge is 2.65. The molecule has 0 saturated carbocycles. The van der Waals surface area contributed by atoms with Crippen molar-refractivity contribution in [1.82, 2.24) is 4.90 Å². The van der Waals surface area contributed by atoms with Gasteiger partial charge in [0.2, 0.25) is 0 Å². The average molecular weight is 586 g/mol. The van der Waals surface area contributed by atoms with Crippen LogP contribution in [0.15, 0.2) is 65.4 Å². The lowest BCUT2D eigenvalue weighted by atomic mass is 9.73. The third kappa shape index (κ3) is 4.27. The molecule has 1 aromatic carbocycles. The first-order valence-electron chi connectivity index (χ1n) is 11.8. The molecule has 1 aliphatic rings. The lowest BCUT2D eigenvalue weighted by Crippen LogP contribution is -2.54. The number of methoxy groups -OCH3 is 1. The van der Waals surface area contributed by atoms with Gasteiger partial charge in [0.25, 0.3) is 5.91 Å². The Balaban J connectivity index is 1.83. The molecular weight excluding hydrogens is 562 g/mol. The quantitative estimate of drug-likeness (QED) is 0.233. The third-order valence-corrected chi connectivity index (χ3v) is 10.4. The van der Waals surface area contributed by atoms with Crippen LogP contribution in [-0.2, 0) is 4.79 Å². The number of ketones is 1. The number of thiophene rings is 3. The van der Waals surface area contributed by atoms with Crippen molar-refractivity contribution in [3.8, 4) is 5.75 Å². The number of nitrogens with zero attached hydrogens (tertiary/aromatic N) is 1. The van der Waals surface area contributed by atoms with Crippen molar-refractivity contribution in [2.24, 2.45) is 5.92 Å². The molecule has 4 unspecified atom stereocenters. The van der Waals surface area contributed by atoms with Gasteiger partial charge in [-0.3, -0.25) is 9.59 Å². The average Bonchev–Trinajstić information content (AvgIpc) is 3.70. The molecule has 0 spiro atoms. The Hall–Kier alpha value is -2.98. The van der Waals surface area contributed by atoms with E-state index in [0.29, 0.717) is 25.4 Å². The van der Waals surface area contributed by atoms with Gasteiger partial charge in [-0.2, -0.15) is 0 Å². The van der Waals surface area contributed by atoms with Crippen LogP contribution < -0.4 is 4.74 Å². The van der Waals surface area contributed by atoms with Crippen molar-refractivity contribution in [2.45, 2.75) is 31.3 Å². The molecule has 4 atom stereocenters. The van der Waals surface area contributed by atoms with Crippen molar-refractivity contribution in [3.05, 3.63) is 95.5 Å². The van der Waals surface area contributed by atoms with E-state index in [9.17, 15) is 19.5 Å². The second kappa shape index (κ2) is 10.3. The van der Waals surface area contributed by atoms with Gasteiger partial charge in [-0.25, -0.2) is 4.79 Å². The number of aryl methyl sites for hydroxylation is 1. The molecule has 0 bridgehead atoms. The van der Waals surface area contributed by atoms with E-state index in [2.05, 4.69) is 0 Å². The van der Waals surface area contributed by atoms with E-state index >= 15 is 0 Å². The molecule has 10 heteroatoms. The van der Waals surface area contributed by atoms with Gasteiger partial charge in [-0.05, 0) is 72.1 Å². The standard InChI is InChI=1S/C28H24ClNO5S3/c1-15-11-13-37-25(15)23-21(24(31)18-9-10-20(29)38-18)22(16-6-4-7-17(14-16)35-3)28(2,27(33)34)30(23)26(32)19-8-5-12-36-19/h4-14,21-23H,1-3H3,(H,33,34). The molecule has 1 N–H and O–H groups in total. The lowest BCUT2D eigenvalue weighted by Gasteiger charge is -2.37. The Labute approximate surface area is 237 Å². The summed E-state index contributed by atoms with van der Waals surface area (Å²) in [6, 6.07) is 15.0. The number of carboxylic acid groups (broad SMARTS) is 1. The van der Waals surface area contributed by atoms with Gasteiger partial charge in [0.15, 0.2) is 5.78 Å². The van der Waals surface area contributed by atoms with E-state index < -0.39 is 35.3 Å². The number of likely N-dealkylation sites (tertiary alicyclic amines) is 1. The van der Waals surface area contributed by atoms with E-state index in [4.69, 9.17) is 16.3 Å². The molecule has 1 aliphatic heterocycles. The van der Waals surface area contributed by atoms with Gasteiger partial charge in [-0.15, -0.1) is 34.0 Å². The summed E-state index contributed by atoms with van der Waals surface area (Å²) in [5, 5.41) is 14.5. The number of hydrogen-bond donors (Lipinski definition) is 1. The first kappa shape index (κ1) is 26.6. The van der Waals surface area contributed by atoms with Crippen LogP contribution in [0.25, 0.3) is 0 Å². The Morgan fingerprint density at radius 1 is 1.03 bits per heavy atom. The fourth-order valence-electron chi connectivity index (χ4n) is 5.46. The predicted octanol–water partition coefficient (Wildman–Crippen LogP) is 7.16. The van der Waals surface area contributed by atoms with Crippen LogP contribution in [0.5, 0.6) is 5.75 Å². The van der Waals surface area contributed by atoms with Crippen LogP contribution in [0.4, 0.5) is 0 Å². The Kier molecular flexibility index (Phi) is 7.21. The van der Waals surface area contributed by atoms with Crippen LogP contribution in [0, 0.1) is 12.8 Å². The number of halogens is 1. The normalized spacial score (nSPS) is 22.9. The molecule has 0 radical (unpaired) electrons. The van der Waals surface area contributed by atoms with E-state index in [0.717, 1.165) is 21.8 Å². The highest BCUT2D eigenvalue weighted by Crippen LogP contribution is 2.58. The zero-order chi connectivity index (χ0) is 27.2. The first-order chi connectivity index (χ1) is 18.2. The topological polar surface area (TPSA) is 83.9 Å². The third-order valence-electron chi connectivity index (χ3n) is 7.21. The summed E-state index contributed by atoms with van der Waals surface area (Å²) < 4.78 is 5.91. The summed E-state index contributed by atoms with van der Waals surface area (Å²) in [4.78, 5) is 44.9. The van der Waals surface area contributed by atoms with Crippen LogP contribution >= 0.6 is 45.6 Å². The van der Waals surface area contributed by atoms with E-state index in [1.165, 1.54) is 34.7 Å². The maximum Gasteiger partial charge on any atom is 0.330 e. The summed E-state index contributed by atoms with van der Waals surface area (Å²) in [6.07, 6.45) is 0. The van der Waals surface area contributed by atoms with Gasteiger partial charge in [0, 0.05) is 10.8 Å². The van der Waals surface area contributed by atoms with Crippen LogP contribution in [0.3, 0.4) is 0 Å². The van der Waals surface area contributed by atoms with Gasteiger partial charge in [-0.1, -0.05) is 29.8 Å². The number of carbonyl (C=O) groups excluding carboxylic acids is 2. The molecule has 6 nitrogen and oxygen atoms in total. The fourth-order valence-corrected chi connectivity index (χ4v) is 8.22. The summed E-state index contributed by atoms with van der Waals surface area (Å²) >= 11 is 10.0. The Morgan fingerprint density at radius 3 is 2.39 bits per heavy atom. The second-order valence-electron chi connectivity index (χ2n) is 9.27. The molecule has 196 valence electrons. The lowest BCUT2D eigenvalue weighted by molar-refractivity contribution is -0.148. The molecule has 1 amide bonds. The molecule has 4 heterocycles. The zero-order valence-corrected chi connectivity index (χ0v) is 23.9.